The van der Waals surface area contributed by atoms with Gasteiger partial charge in [0.05, 0.1) is 11.1 Å². The summed E-state index contributed by atoms with van der Waals surface area (Å²) in [6.45, 7) is 1.80. The van der Waals surface area contributed by atoms with Gasteiger partial charge in [-0.1, -0.05) is 36.4 Å². The Morgan fingerprint density at radius 1 is 0.933 bits per heavy atom. The maximum absolute atomic E-state index is 15.5. The van der Waals surface area contributed by atoms with Crippen LogP contribution in [0.4, 0.5) is 4.39 Å². The van der Waals surface area contributed by atoms with Gasteiger partial charge in [-0.05, 0) is 31.2 Å². The zero-order valence-corrected chi connectivity index (χ0v) is 16.4. The predicted molar refractivity (Wildman–Crippen MR) is 102 cm³/mol. The number of carbonyl (C=O) groups excluding carboxylic acids is 3. The highest BCUT2D eigenvalue weighted by atomic mass is 19.1. The highest BCUT2D eigenvalue weighted by Crippen LogP contribution is 2.38. The van der Waals surface area contributed by atoms with Gasteiger partial charge in [-0.25, -0.2) is 14.0 Å². The van der Waals surface area contributed by atoms with E-state index in [0.29, 0.717) is 5.56 Å². The number of rotatable bonds is 6. The molecule has 0 spiro atoms. The van der Waals surface area contributed by atoms with Crippen molar-refractivity contribution < 1.29 is 37.7 Å². The molecule has 1 fully saturated rings. The van der Waals surface area contributed by atoms with Gasteiger partial charge in [0.25, 0.3) is 0 Å². The van der Waals surface area contributed by atoms with E-state index in [1.807, 2.05) is 0 Å². The zero-order valence-electron chi connectivity index (χ0n) is 16.4. The number of alkyl halides is 1. The van der Waals surface area contributed by atoms with Crippen molar-refractivity contribution in [1.82, 2.24) is 0 Å². The van der Waals surface area contributed by atoms with Crippen LogP contribution in [0.5, 0.6) is 0 Å². The average Bonchev–Trinajstić information content (AvgIpc) is 2.96. The molecule has 1 aliphatic rings. The van der Waals surface area contributed by atoms with Crippen LogP contribution >= 0.6 is 0 Å². The summed E-state index contributed by atoms with van der Waals surface area (Å²) in [6, 6.07) is 16.2. The Morgan fingerprint density at radius 3 is 2.00 bits per heavy atom. The number of hydrogen-bond donors (Lipinski definition) is 0. The van der Waals surface area contributed by atoms with Gasteiger partial charge < -0.3 is 18.9 Å². The van der Waals surface area contributed by atoms with Crippen LogP contribution in [0.15, 0.2) is 60.7 Å². The number of benzene rings is 2. The molecule has 0 aromatic heterocycles. The molecule has 7 nitrogen and oxygen atoms in total. The standard InChI is InChI=1S/C22H21FO7/c1-14(24)28-21-22(2,23)18(30-20(26)16-11-7-4-8-12-16)17(29-21)13-27-19(25)15-9-5-3-6-10-15/h3-12,17-18,21H,13H2,1-2H3/t17-,18?,21+,22-/m1/s1. The second kappa shape index (κ2) is 9.04. The Kier molecular flexibility index (Phi) is 6.47. The molecule has 0 saturated carbocycles. The molecule has 30 heavy (non-hydrogen) atoms. The van der Waals surface area contributed by atoms with E-state index in [2.05, 4.69) is 0 Å². The molecule has 8 heteroatoms. The van der Waals surface area contributed by atoms with Gasteiger partial charge in [-0.3, -0.25) is 4.79 Å². The summed E-state index contributed by atoms with van der Waals surface area (Å²) in [4.78, 5) is 36.0. The summed E-state index contributed by atoms with van der Waals surface area (Å²) >= 11 is 0. The van der Waals surface area contributed by atoms with Crippen molar-refractivity contribution in [3.8, 4) is 0 Å². The van der Waals surface area contributed by atoms with Crippen LogP contribution in [0.25, 0.3) is 0 Å². The third-order valence-electron chi connectivity index (χ3n) is 4.56. The Morgan fingerprint density at radius 2 is 1.47 bits per heavy atom. The molecular weight excluding hydrogens is 395 g/mol. The fourth-order valence-electron chi connectivity index (χ4n) is 3.05. The third-order valence-corrected chi connectivity index (χ3v) is 4.56. The SMILES string of the molecule is CC(=O)O[C@H]1O[C@H](COC(=O)c2ccccc2)C(OC(=O)c2ccccc2)[C@@]1(C)F. The molecule has 1 saturated heterocycles. The molecule has 0 radical (unpaired) electrons. The van der Waals surface area contributed by atoms with Gasteiger partial charge in [0.1, 0.15) is 12.7 Å². The van der Waals surface area contributed by atoms with Crippen LogP contribution in [-0.2, 0) is 23.7 Å². The average molecular weight is 416 g/mol. The van der Waals surface area contributed by atoms with Crippen LogP contribution < -0.4 is 0 Å². The fraction of sp³-hybridized carbons (Fsp3) is 0.318. The van der Waals surface area contributed by atoms with Crippen molar-refractivity contribution in [3.05, 3.63) is 71.8 Å². The lowest BCUT2D eigenvalue weighted by Gasteiger charge is -2.26. The molecule has 1 heterocycles. The molecule has 2 aromatic rings. The monoisotopic (exact) mass is 416 g/mol. The Bertz CT molecular complexity index is 898. The molecule has 1 unspecified atom stereocenters. The number of esters is 3. The minimum atomic E-state index is -2.36. The lowest BCUT2D eigenvalue weighted by molar-refractivity contribution is -0.193. The number of ether oxygens (including phenoxy) is 4. The van der Waals surface area contributed by atoms with E-state index in [1.165, 1.54) is 12.1 Å². The summed E-state index contributed by atoms with van der Waals surface area (Å²) < 4.78 is 36.4. The second-order valence-electron chi connectivity index (χ2n) is 6.92. The first kappa shape index (κ1) is 21.4. The largest absolute Gasteiger partial charge is 0.459 e. The van der Waals surface area contributed by atoms with E-state index in [0.717, 1.165) is 13.8 Å². The summed E-state index contributed by atoms with van der Waals surface area (Å²) in [7, 11) is 0. The van der Waals surface area contributed by atoms with Crippen LogP contribution in [0.1, 0.15) is 34.6 Å². The first-order valence-corrected chi connectivity index (χ1v) is 9.29. The van der Waals surface area contributed by atoms with E-state index in [1.54, 1.807) is 48.5 Å². The van der Waals surface area contributed by atoms with Crippen LogP contribution in [0.3, 0.4) is 0 Å². The molecule has 0 aliphatic carbocycles. The van der Waals surface area contributed by atoms with E-state index >= 15 is 4.39 Å². The van der Waals surface area contributed by atoms with Crippen LogP contribution in [0, 0.1) is 0 Å². The van der Waals surface area contributed by atoms with Crippen molar-refractivity contribution in [2.24, 2.45) is 0 Å². The van der Waals surface area contributed by atoms with Gasteiger partial charge in [0.2, 0.25) is 12.0 Å². The van der Waals surface area contributed by atoms with E-state index in [9.17, 15) is 14.4 Å². The lowest BCUT2D eigenvalue weighted by atomic mass is 9.99. The highest BCUT2D eigenvalue weighted by Gasteiger charge is 2.59. The number of hydrogen-bond acceptors (Lipinski definition) is 7. The fourth-order valence-corrected chi connectivity index (χ4v) is 3.05. The molecule has 4 atom stereocenters. The van der Waals surface area contributed by atoms with Crippen molar-refractivity contribution >= 4 is 17.9 Å². The summed E-state index contributed by atoms with van der Waals surface area (Å²) in [5, 5.41) is 0. The molecule has 0 bridgehead atoms. The smallest absolute Gasteiger partial charge is 0.338 e. The van der Waals surface area contributed by atoms with Gasteiger partial charge in [-0.15, -0.1) is 0 Å². The van der Waals surface area contributed by atoms with Gasteiger partial charge >= 0.3 is 17.9 Å². The zero-order chi connectivity index (χ0) is 21.7. The van der Waals surface area contributed by atoms with E-state index in [-0.39, 0.29) is 5.56 Å². The molecule has 0 N–H and O–H groups in total. The molecule has 0 amide bonds. The minimum Gasteiger partial charge on any atom is -0.459 e. The molecule has 1 aliphatic heterocycles. The summed E-state index contributed by atoms with van der Waals surface area (Å²) in [5.41, 5.74) is -1.85. The minimum absolute atomic E-state index is 0.212. The highest BCUT2D eigenvalue weighted by molar-refractivity contribution is 5.90. The van der Waals surface area contributed by atoms with Gasteiger partial charge in [0.15, 0.2) is 6.10 Å². The third kappa shape index (κ3) is 4.83. The van der Waals surface area contributed by atoms with E-state index < -0.39 is 48.7 Å². The molecule has 3 rings (SSSR count). The molecular formula is C22H21FO7. The van der Waals surface area contributed by atoms with Gasteiger partial charge in [0, 0.05) is 6.92 Å². The topological polar surface area (TPSA) is 88.1 Å². The van der Waals surface area contributed by atoms with E-state index in [4.69, 9.17) is 18.9 Å². The lowest BCUT2D eigenvalue weighted by Crippen LogP contribution is -2.46. The van der Waals surface area contributed by atoms with Crippen molar-refractivity contribution in [2.45, 2.75) is 38.0 Å². The summed E-state index contributed by atoms with van der Waals surface area (Å²) in [6.07, 6.45) is -4.27. The number of halogens is 1. The maximum Gasteiger partial charge on any atom is 0.338 e. The van der Waals surface area contributed by atoms with Gasteiger partial charge in [-0.2, -0.15) is 0 Å². The van der Waals surface area contributed by atoms with Crippen LogP contribution in [-0.4, -0.2) is 48.7 Å². The van der Waals surface area contributed by atoms with Crippen molar-refractivity contribution in [3.63, 3.8) is 0 Å². The second-order valence-corrected chi connectivity index (χ2v) is 6.92. The maximum atomic E-state index is 15.5. The molecule has 2 aromatic carbocycles. The Hall–Kier alpha value is -3.26. The van der Waals surface area contributed by atoms with Crippen molar-refractivity contribution in [2.75, 3.05) is 6.61 Å². The quantitative estimate of drug-likeness (QED) is 0.528. The Labute approximate surface area is 172 Å². The normalized spacial score (nSPS) is 25.4. The van der Waals surface area contributed by atoms with Crippen molar-refractivity contribution in [1.29, 1.82) is 0 Å². The molecule has 158 valence electrons. The Balaban J connectivity index is 1.76. The predicted octanol–water partition coefficient (Wildman–Crippen LogP) is 3.09. The first-order valence-electron chi connectivity index (χ1n) is 9.29. The first-order chi connectivity index (χ1) is 14.3. The van der Waals surface area contributed by atoms with Crippen LogP contribution in [0.2, 0.25) is 0 Å². The summed E-state index contributed by atoms with van der Waals surface area (Å²) in [5.74, 6) is -2.20. The number of carbonyl (C=O) groups is 3.